The molecule has 0 radical (unpaired) electrons. The van der Waals surface area contributed by atoms with Crippen LogP contribution in [0, 0.1) is 6.92 Å². The molecule has 0 amide bonds. The third kappa shape index (κ3) is 2.18. The molecule has 2 N–H and O–H groups in total. The molecule has 1 aromatic rings. The smallest absolute Gasteiger partial charge is 0.312 e. The Morgan fingerprint density at radius 1 is 1.53 bits per heavy atom. The summed E-state index contributed by atoms with van der Waals surface area (Å²) < 4.78 is 1.57. The molecule has 0 aromatic carbocycles. The van der Waals surface area contributed by atoms with Gasteiger partial charge in [0, 0.05) is 24.3 Å². The summed E-state index contributed by atoms with van der Waals surface area (Å²) >= 11 is 0. The number of nitrogens with one attached hydrogen (secondary N) is 2. The van der Waals surface area contributed by atoms with Crippen molar-refractivity contribution in [2.75, 3.05) is 6.54 Å². The molecule has 0 aliphatic carbocycles. The molecular weight excluding hydrogens is 194 g/mol. The highest BCUT2D eigenvalue weighted by molar-refractivity contribution is 5.01. The highest BCUT2D eigenvalue weighted by atomic mass is 16.2. The van der Waals surface area contributed by atoms with Crippen molar-refractivity contribution in [2.45, 2.75) is 32.4 Å². The van der Waals surface area contributed by atoms with Gasteiger partial charge in [-0.15, -0.1) is 0 Å². The number of aryl methyl sites for hydroxylation is 1. The zero-order chi connectivity index (χ0) is 10.8. The summed E-state index contributed by atoms with van der Waals surface area (Å²) in [6.07, 6.45) is 3.87. The minimum atomic E-state index is -0.320. The van der Waals surface area contributed by atoms with Crippen LogP contribution < -0.4 is 16.6 Å². The monoisotopic (exact) mass is 209 g/mol. The Hall–Kier alpha value is -1.36. The number of rotatable bonds is 2. The van der Waals surface area contributed by atoms with Gasteiger partial charge in [-0.2, -0.15) is 0 Å². The molecule has 1 atom stereocenters. The van der Waals surface area contributed by atoms with Gasteiger partial charge in [-0.1, -0.05) is 0 Å². The van der Waals surface area contributed by atoms with E-state index in [0.717, 1.165) is 19.4 Å². The molecule has 82 valence electrons. The molecule has 1 saturated heterocycles. The Balaban J connectivity index is 2.24. The largest absolute Gasteiger partial charge is 0.328 e. The van der Waals surface area contributed by atoms with Crippen LogP contribution in [0.5, 0.6) is 0 Å². The molecular formula is C10H15N3O2. The van der Waals surface area contributed by atoms with Crippen LogP contribution in [0.25, 0.3) is 0 Å². The van der Waals surface area contributed by atoms with E-state index in [1.54, 1.807) is 17.7 Å². The quantitative estimate of drug-likeness (QED) is 0.696. The van der Waals surface area contributed by atoms with Crippen molar-refractivity contribution < 1.29 is 0 Å². The molecule has 0 bridgehead atoms. The Morgan fingerprint density at radius 2 is 2.33 bits per heavy atom. The summed E-state index contributed by atoms with van der Waals surface area (Å²) in [7, 11) is 0. The van der Waals surface area contributed by atoms with Crippen molar-refractivity contribution in [2.24, 2.45) is 0 Å². The predicted octanol–water partition coefficient (Wildman–Crippen LogP) is -0.403. The van der Waals surface area contributed by atoms with E-state index in [1.165, 1.54) is 0 Å². The third-order valence-corrected chi connectivity index (χ3v) is 2.77. The van der Waals surface area contributed by atoms with Crippen LogP contribution in [-0.2, 0) is 6.54 Å². The molecule has 5 heteroatoms. The van der Waals surface area contributed by atoms with Gasteiger partial charge in [-0.05, 0) is 26.3 Å². The number of hydrogen-bond acceptors (Lipinski definition) is 3. The summed E-state index contributed by atoms with van der Waals surface area (Å²) in [6, 6.07) is 0.355. The maximum atomic E-state index is 11.5. The van der Waals surface area contributed by atoms with Crippen LogP contribution in [-0.4, -0.2) is 22.1 Å². The van der Waals surface area contributed by atoms with Crippen LogP contribution in [0.2, 0.25) is 0 Å². The Kier molecular flexibility index (Phi) is 2.73. The van der Waals surface area contributed by atoms with Gasteiger partial charge in [0.15, 0.2) is 0 Å². The lowest BCUT2D eigenvalue weighted by Gasteiger charge is -2.12. The Morgan fingerprint density at radius 3 is 3.00 bits per heavy atom. The predicted molar refractivity (Wildman–Crippen MR) is 57.1 cm³/mol. The zero-order valence-corrected chi connectivity index (χ0v) is 8.75. The maximum Gasteiger partial charge on any atom is 0.328 e. The second-order valence-electron chi connectivity index (χ2n) is 4.02. The average molecular weight is 209 g/mol. The molecule has 1 fully saturated rings. The van der Waals surface area contributed by atoms with Crippen LogP contribution in [0.15, 0.2) is 15.8 Å². The van der Waals surface area contributed by atoms with Gasteiger partial charge in [0.25, 0.3) is 5.56 Å². The number of aromatic amines is 1. The minimum Gasteiger partial charge on any atom is -0.312 e. The Bertz CT molecular complexity index is 454. The molecule has 0 saturated carbocycles. The summed E-state index contributed by atoms with van der Waals surface area (Å²) in [4.78, 5) is 24.9. The van der Waals surface area contributed by atoms with E-state index in [9.17, 15) is 9.59 Å². The van der Waals surface area contributed by atoms with Crippen molar-refractivity contribution in [3.63, 3.8) is 0 Å². The van der Waals surface area contributed by atoms with Crippen molar-refractivity contribution in [3.05, 3.63) is 32.6 Å². The summed E-state index contributed by atoms with van der Waals surface area (Å²) in [5, 5.41) is 3.31. The van der Waals surface area contributed by atoms with Crippen molar-refractivity contribution in [1.82, 2.24) is 14.9 Å². The van der Waals surface area contributed by atoms with E-state index in [1.807, 2.05) is 0 Å². The van der Waals surface area contributed by atoms with E-state index in [0.29, 0.717) is 18.2 Å². The first-order valence-electron chi connectivity index (χ1n) is 5.20. The molecule has 5 nitrogen and oxygen atoms in total. The molecule has 1 aliphatic rings. The van der Waals surface area contributed by atoms with E-state index in [-0.39, 0.29) is 11.2 Å². The summed E-state index contributed by atoms with van der Waals surface area (Å²) in [5.41, 5.74) is -0.0393. The molecule has 0 spiro atoms. The van der Waals surface area contributed by atoms with Gasteiger partial charge >= 0.3 is 5.69 Å². The fourth-order valence-electron chi connectivity index (χ4n) is 1.90. The highest BCUT2D eigenvalue weighted by Crippen LogP contribution is 2.05. The Labute approximate surface area is 87.1 Å². The van der Waals surface area contributed by atoms with E-state index >= 15 is 0 Å². The highest BCUT2D eigenvalue weighted by Gasteiger charge is 2.15. The maximum absolute atomic E-state index is 11.5. The van der Waals surface area contributed by atoms with E-state index < -0.39 is 0 Å². The second kappa shape index (κ2) is 4.02. The second-order valence-corrected chi connectivity index (χ2v) is 4.02. The van der Waals surface area contributed by atoms with Gasteiger partial charge in [0.05, 0.1) is 0 Å². The van der Waals surface area contributed by atoms with Gasteiger partial charge in [-0.3, -0.25) is 14.3 Å². The van der Waals surface area contributed by atoms with Gasteiger partial charge in [0.2, 0.25) is 0 Å². The van der Waals surface area contributed by atoms with E-state index in [2.05, 4.69) is 10.3 Å². The first-order valence-corrected chi connectivity index (χ1v) is 5.20. The van der Waals surface area contributed by atoms with Crippen LogP contribution in [0.4, 0.5) is 0 Å². The summed E-state index contributed by atoms with van der Waals surface area (Å²) in [5.74, 6) is 0. The average Bonchev–Trinajstić information content (AvgIpc) is 2.67. The van der Waals surface area contributed by atoms with E-state index in [4.69, 9.17) is 0 Å². The first kappa shape index (κ1) is 10.2. The molecule has 1 aliphatic heterocycles. The number of nitrogens with zero attached hydrogens (tertiary/aromatic N) is 1. The normalized spacial score (nSPS) is 20.7. The third-order valence-electron chi connectivity index (χ3n) is 2.77. The first-order chi connectivity index (χ1) is 7.16. The SMILES string of the molecule is Cc1cn(CC2CCCN2)c(=O)[nH]c1=O. The van der Waals surface area contributed by atoms with Crippen LogP contribution in [0.1, 0.15) is 18.4 Å². The zero-order valence-electron chi connectivity index (χ0n) is 8.75. The minimum absolute atomic E-state index is 0.296. The van der Waals surface area contributed by atoms with Crippen molar-refractivity contribution >= 4 is 0 Å². The lowest BCUT2D eigenvalue weighted by molar-refractivity contribution is 0.491. The van der Waals surface area contributed by atoms with Crippen LogP contribution in [0.3, 0.4) is 0 Å². The topological polar surface area (TPSA) is 66.9 Å². The summed E-state index contributed by atoms with van der Waals surface area (Å²) in [6.45, 7) is 3.36. The van der Waals surface area contributed by atoms with Gasteiger partial charge in [0.1, 0.15) is 0 Å². The van der Waals surface area contributed by atoms with Gasteiger partial charge in [-0.25, -0.2) is 4.79 Å². The standard InChI is InChI=1S/C10H15N3O2/c1-7-5-13(10(15)12-9(7)14)6-8-3-2-4-11-8/h5,8,11H,2-4,6H2,1H3,(H,12,14,15). The number of aromatic nitrogens is 2. The molecule has 2 heterocycles. The van der Waals surface area contributed by atoms with Crippen molar-refractivity contribution in [1.29, 1.82) is 0 Å². The number of hydrogen-bond donors (Lipinski definition) is 2. The molecule has 1 aromatic heterocycles. The fourth-order valence-corrected chi connectivity index (χ4v) is 1.90. The lowest BCUT2D eigenvalue weighted by Crippen LogP contribution is -2.36. The molecule has 2 rings (SSSR count). The molecule has 15 heavy (non-hydrogen) atoms. The van der Waals surface area contributed by atoms with Gasteiger partial charge < -0.3 is 5.32 Å². The lowest BCUT2D eigenvalue weighted by atomic mass is 10.2. The van der Waals surface area contributed by atoms with Crippen molar-refractivity contribution in [3.8, 4) is 0 Å². The van der Waals surface area contributed by atoms with Crippen LogP contribution >= 0.6 is 0 Å². The number of H-pyrrole nitrogens is 1. The fraction of sp³-hybridized carbons (Fsp3) is 0.600. The molecule has 1 unspecified atom stereocenters.